The summed E-state index contributed by atoms with van der Waals surface area (Å²) in [5, 5.41) is 12.1. The van der Waals surface area contributed by atoms with Crippen molar-refractivity contribution in [2.75, 3.05) is 11.9 Å². The number of benzene rings is 2. The zero-order valence-corrected chi connectivity index (χ0v) is 14.5. The van der Waals surface area contributed by atoms with Crippen molar-refractivity contribution in [1.82, 2.24) is 15.3 Å². The number of nitrogens with one attached hydrogen (secondary N) is 1. The molecule has 0 spiro atoms. The Balaban J connectivity index is 1.82. The molecule has 0 bridgehead atoms. The molecule has 0 aliphatic heterocycles. The van der Waals surface area contributed by atoms with Crippen LogP contribution >= 0.6 is 0 Å². The first-order valence-corrected chi connectivity index (χ1v) is 8.31. The van der Waals surface area contributed by atoms with Crippen molar-refractivity contribution < 1.29 is 9.31 Å². The molecule has 0 saturated carbocycles. The van der Waals surface area contributed by atoms with Crippen molar-refractivity contribution >= 4 is 17.2 Å². The van der Waals surface area contributed by atoms with Crippen LogP contribution in [0.25, 0.3) is 28.3 Å². The molecule has 0 unspecified atom stereocenters. The lowest BCUT2D eigenvalue weighted by Crippen LogP contribution is -2.28. The Labute approximate surface area is 150 Å². The van der Waals surface area contributed by atoms with E-state index in [1.165, 1.54) is 0 Å². The van der Waals surface area contributed by atoms with Crippen LogP contribution in [-0.2, 0) is 4.79 Å². The molecule has 0 atom stereocenters. The van der Waals surface area contributed by atoms with Crippen LogP contribution in [0.1, 0.15) is 6.92 Å². The van der Waals surface area contributed by atoms with Crippen molar-refractivity contribution in [1.29, 1.82) is 0 Å². The van der Waals surface area contributed by atoms with Gasteiger partial charge < -0.3 is 4.90 Å². The lowest BCUT2D eigenvalue weighted by molar-refractivity contribution is -0.568. The van der Waals surface area contributed by atoms with Crippen LogP contribution in [0.4, 0.5) is 5.69 Å². The van der Waals surface area contributed by atoms with Gasteiger partial charge in [0.1, 0.15) is 5.69 Å². The van der Waals surface area contributed by atoms with E-state index in [9.17, 15) is 4.79 Å². The summed E-state index contributed by atoms with van der Waals surface area (Å²) in [5.41, 5.74) is 4.35. The summed E-state index contributed by atoms with van der Waals surface area (Å²) in [4.78, 5) is 13.3. The number of amides is 1. The summed E-state index contributed by atoms with van der Waals surface area (Å²) in [6.07, 6.45) is 0. The van der Waals surface area contributed by atoms with Crippen molar-refractivity contribution in [3.63, 3.8) is 0 Å². The lowest BCUT2D eigenvalue weighted by Gasteiger charge is -2.14. The highest BCUT2D eigenvalue weighted by molar-refractivity contribution is 5.91. The third-order valence-electron chi connectivity index (χ3n) is 4.35. The van der Waals surface area contributed by atoms with E-state index in [4.69, 9.17) is 5.10 Å². The number of rotatable bonds is 3. The number of anilines is 1. The number of hydrogen-bond acceptors (Lipinski definition) is 3. The Bertz CT molecular complexity index is 1090. The van der Waals surface area contributed by atoms with E-state index in [-0.39, 0.29) is 5.91 Å². The molecule has 2 aromatic heterocycles. The molecule has 0 aliphatic rings. The first-order chi connectivity index (χ1) is 12.6. The van der Waals surface area contributed by atoms with Gasteiger partial charge in [-0.05, 0) is 24.3 Å². The highest BCUT2D eigenvalue weighted by Crippen LogP contribution is 2.22. The largest absolute Gasteiger partial charge is 0.325 e. The van der Waals surface area contributed by atoms with Crippen LogP contribution in [0.2, 0.25) is 0 Å². The molecule has 2 heterocycles. The molecule has 1 N–H and O–H groups in total. The third-order valence-corrected chi connectivity index (χ3v) is 4.35. The van der Waals surface area contributed by atoms with Crippen molar-refractivity contribution in [3.05, 3.63) is 66.7 Å². The standard InChI is InChI=1S/C20H17N5O/c1-14(26)24(2)17-10-6-9-16(13-17)20-22-21-19-12-11-18(23-25(19)20)15-7-4-3-5-8-15/h3-13H,1-2H3/p+1. The van der Waals surface area contributed by atoms with Crippen LogP contribution in [0.5, 0.6) is 0 Å². The summed E-state index contributed by atoms with van der Waals surface area (Å²) in [6, 6.07) is 21.6. The minimum atomic E-state index is -0.0197. The zero-order valence-electron chi connectivity index (χ0n) is 14.5. The molecule has 1 amide bonds. The van der Waals surface area contributed by atoms with E-state index >= 15 is 0 Å². The molecule has 6 nitrogen and oxygen atoms in total. The number of aromatic nitrogens is 4. The van der Waals surface area contributed by atoms with Gasteiger partial charge in [-0.3, -0.25) is 4.79 Å². The normalized spacial score (nSPS) is 10.8. The number of H-pyrrole nitrogens is 1. The number of carbonyl (C=O) groups excluding carboxylic acids is 1. The summed E-state index contributed by atoms with van der Waals surface area (Å²) in [7, 11) is 1.76. The van der Waals surface area contributed by atoms with Crippen molar-refractivity contribution in [3.8, 4) is 22.6 Å². The average molecular weight is 344 g/mol. The second-order valence-electron chi connectivity index (χ2n) is 6.06. The molecule has 4 rings (SSSR count). The first kappa shape index (κ1) is 16.0. The predicted octanol–water partition coefficient (Wildman–Crippen LogP) is 2.86. The Morgan fingerprint density at radius 3 is 2.54 bits per heavy atom. The van der Waals surface area contributed by atoms with Crippen LogP contribution in [-0.4, -0.2) is 28.3 Å². The van der Waals surface area contributed by atoms with Gasteiger partial charge in [-0.2, -0.15) is 0 Å². The lowest BCUT2D eigenvalue weighted by atomic mass is 10.1. The highest BCUT2D eigenvalue weighted by Gasteiger charge is 2.18. The molecule has 26 heavy (non-hydrogen) atoms. The quantitative estimate of drug-likeness (QED) is 0.581. The Kier molecular flexibility index (Phi) is 3.93. The average Bonchev–Trinajstić information content (AvgIpc) is 3.11. The summed E-state index contributed by atoms with van der Waals surface area (Å²) < 4.78 is 1.79. The number of aromatic amines is 1. The molecule has 6 heteroatoms. The Morgan fingerprint density at radius 2 is 1.77 bits per heavy atom. The van der Waals surface area contributed by atoms with Crippen molar-refractivity contribution in [2.45, 2.75) is 6.92 Å². The van der Waals surface area contributed by atoms with Gasteiger partial charge in [0.25, 0.3) is 5.82 Å². The molecular weight excluding hydrogens is 326 g/mol. The smallest absolute Gasteiger partial charge is 0.316 e. The number of nitrogens with zero attached hydrogens (tertiary/aromatic N) is 4. The minimum absolute atomic E-state index is 0.0197. The van der Waals surface area contributed by atoms with Gasteiger partial charge in [-0.25, -0.2) is 0 Å². The number of fused-ring (bicyclic) bond motifs is 1. The molecule has 2 aromatic carbocycles. The van der Waals surface area contributed by atoms with Crippen LogP contribution < -0.4 is 9.42 Å². The van der Waals surface area contributed by atoms with E-state index in [1.807, 2.05) is 66.7 Å². The SMILES string of the molecule is CC(=O)N(C)c1cccc(-c2[nH]nc3ccc(-c4ccccc4)n[n+]23)c1. The van der Waals surface area contributed by atoms with Gasteiger partial charge in [-0.15, -0.1) is 10.2 Å². The maximum atomic E-state index is 11.6. The van der Waals surface area contributed by atoms with E-state index < -0.39 is 0 Å². The molecular formula is C20H18N5O+. The monoisotopic (exact) mass is 344 g/mol. The fourth-order valence-electron chi connectivity index (χ4n) is 2.82. The van der Waals surface area contributed by atoms with E-state index in [2.05, 4.69) is 10.2 Å². The topological polar surface area (TPSA) is 66.0 Å². The van der Waals surface area contributed by atoms with Gasteiger partial charge in [0, 0.05) is 36.4 Å². The molecule has 4 aromatic rings. The number of hydrogen-bond donors (Lipinski definition) is 1. The zero-order chi connectivity index (χ0) is 18.1. The number of carbonyl (C=O) groups is 1. The fraction of sp³-hybridized carbons (Fsp3) is 0.100. The summed E-state index contributed by atoms with van der Waals surface area (Å²) in [6.45, 7) is 1.54. The maximum Gasteiger partial charge on any atom is 0.325 e. The van der Waals surface area contributed by atoms with Crippen LogP contribution in [0, 0.1) is 0 Å². The third kappa shape index (κ3) is 2.82. The predicted molar refractivity (Wildman–Crippen MR) is 99.5 cm³/mol. The second-order valence-corrected chi connectivity index (χ2v) is 6.06. The van der Waals surface area contributed by atoms with E-state index in [1.54, 1.807) is 23.4 Å². The minimum Gasteiger partial charge on any atom is -0.316 e. The second kappa shape index (κ2) is 6.40. The molecule has 128 valence electrons. The fourth-order valence-corrected chi connectivity index (χ4v) is 2.82. The van der Waals surface area contributed by atoms with Gasteiger partial charge in [0.15, 0.2) is 0 Å². The van der Waals surface area contributed by atoms with Crippen molar-refractivity contribution in [2.24, 2.45) is 0 Å². The Hall–Kier alpha value is -3.54. The van der Waals surface area contributed by atoms with E-state index in [0.717, 1.165) is 34.0 Å². The molecule has 0 fully saturated rings. The Morgan fingerprint density at radius 1 is 1.00 bits per heavy atom. The molecule has 0 aliphatic carbocycles. The van der Waals surface area contributed by atoms with E-state index in [0.29, 0.717) is 0 Å². The highest BCUT2D eigenvalue weighted by atomic mass is 16.2. The van der Waals surface area contributed by atoms with Gasteiger partial charge in [0.05, 0.1) is 5.56 Å². The molecule has 0 radical (unpaired) electrons. The van der Waals surface area contributed by atoms with Gasteiger partial charge >= 0.3 is 5.65 Å². The summed E-state index contributed by atoms with van der Waals surface area (Å²) in [5.74, 6) is 0.741. The molecule has 0 saturated heterocycles. The van der Waals surface area contributed by atoms with Crippen LogP contribution in [0.15, 0.2) is 66.7 Å². The summed E-state index contributed by atoms with van der Waals surface area (Å²) >= 11 is 0. The maximum absolute atomic E-state index is 11.6. The van der Waals surface area contributed by atoms with Crippen LogP contribution in [0.3, 0.4) is 0 Å². The van der Waals surface area contributed by atoms with Gasteiger partial charge in [0.2, 0.25) is 5.91 Å². The van der Waals surface area contributed by atoms with Gasteiger partial charge in [-0.1, -0.05) is 40.9 Å². The first-order valence-electron chi connectivity index (χ1n) is 8.31.